The Labute approximate surface area is 163 Å². The van der Waals surface area contributed by atoms with E-state index in [2.05, 4.69) is 5.16 Å². The van der Waals surface area contributed by atoms with Crippen LogP contribution in [-0.2, 0) is 11.4 Å². The third kappa shape index (κ3) is 3.96. The fraction of sp³-hybridized carbons (Fsp3) is 0.200. The fourth-order valence-electron chi connectivity index (χ4n) is 2.99. The Morgan fingerprint density at radius 3 is 2.86 bits per heavy atom. The van der Waals surface area contributed by atoms with Crippen LogP contribution in [0.4, 0.5) is 8.78 Å². The Morgan fingerprint density at radius 1 is 1.25 bits per heavy atom. The second-order valence-corrected chi connectivity index (χ2v) is 7.29. The minimum absolute atomic E-state index is 0.0418. The van der Waals surface area contributed by atoms with Crippen molar-refractivity contribution in [1.29, 1.82) is 0 Å². The van der Waals surface area contributed by atoms with E-state index in [4.69, 9.17) is 9.25 Å². The van der Waals surface area contributed by atoms with Crippen LogP contribution in [0.5, 0.6) is 0 Å². The molecule has 2 aromatic heterocycles. The normalized spacial score (nSPS) is 15.9. The molecule has 8 heteroatoms. The second-order valence-electron chi connectivity index (χ2n) is 6.35. The van der Waals surface area contributed by atoms with Gasteiger partial charge in [0.2, 0.25) is 0 Å². The van der Waals surface area contributed by atoms with Crippen LogP contribution in [0.25, 0.3) is 0 Å². The summed E-state index contributed by atoms with van der Waals surface area (Å²) < 4.78 is 32.5. The number of thiophene rings is 1. The lowest BCUT2D eigenvalue weighted by molar-refractivity contribution is 0.0385. The molecule has 1 unspecified atom stereocenters. The van der Waals surface area contributed by atoms with Crippen molar-refractivity contribution in [1.82, 2.24) is 4.90 Å². The zero-order valence-electron chi connectivity index (χ0n) is 14.7. The molecule has 0 N–H and O–H groups in total. The summed E-state index contributed by atoms with van der Waals surface area (Å²) >= 11 is 1.56. The summed E-state index contributed by atoms with van der Waals surface area (Å²) in [6.07, 6.45) is 1.57. The molecule has 3 aromatic rings. The highest BCUT2D eigenvalue weighted by atomic mass is 32.1. The Bertz CT molecular complexity index is 987. The SMILES string of the molecule is O=C(c1ccco1)N(Cc1ccc(F)cc1F)CC1CC(c2cccs2)=NO1. The van der Waals surface area contributed by atoms with Gasteiger partial charge in [-0.05, 0) is 29.6 Å². The second kappa shape index (κ2) is 7.93. The maximum absolute atomic E-state index is 14.1. The topological polar surface area (TPSA) is 55.0 Å². The number of amides is 1. The van der Waals surface area contributed by atoms with Crippen LogP contribution in [0.2, 0.25) is 0 Å². The molecule has 3 heterocycles. The predicted octanol–water partition coefficient (Wildman–Crippen LogP) is 4.45. The number of rotatable bonds is 6. The van der Waals surface area contributed by atoms with Crippen LogP contribution < -0.4 is 0 Å². The monoisotopic (exact) mass is 402 g/mol. The van der Waals surface area contributed by atoms with Gasteiger partial charge in [-0.2, -0.15) is 0 Å². The molecule has 0 fully saturated rings. The molecule has 1 amide bonds. The van der Waals surface area contributed by atoms with Crippen molar-refractivity contribution >= 4 is 23.0 Å². The number of oxime groups is 1. The van der Waals surface area contributed by atoms with Gasteiger partial charge in [0.15, 0.2) is 11.9 Å². The largest absolute Gasteiger partial charge is 0.459 e. The quantitative estimate of drug-likeness (QED) is 0.612. The van der Waals surface area contributed by atoms with Crippen LogP contribution in [0.1, 0.15) is 27.4 Å². The number of carbonyl (C=O) groups is 1. The summed E-state index contributed by atoms with van der Waals surface area (Å²) in [6, 6.07) is 10.3. The van der Waals surface area contributed by atoms with Crippen molar-refractivity contribution in [3.63, 3.8) is 0 Å². The highest BCUT2D eigenvalue weighted by Crippen LogP contribution is 2.23. The molecule has 1 aliphatic rings. The van der Waals surface area contributed by atoms with Crippen LogP contribution in [0, 0.1) is 11.6 Å². The summed E-state index contributed by atoms with van der Waals surface area (Å²) in [6.45, 7) is 0.147. The van der Waals surface area contributed by atoms with Gasteiger partial charge in [0.05, 0.1) is 17.7 Å². The van der Waals surface area contributed by atoms with E-state index in [0.29, 0.717) is 6.42 Å². The summed E-state index contributed by atoms with van der Waals surface area (Å²) in [5, 5.41) is 6.07. The van der Waals surface area contributed by atoms with Gasteiger partial charge >= 0.3 is 0 Å². The molecular formula is C20H16F2N2O3S. The summed E-state index contributed by atoms with van der Waals surface area (Å²) in [5.41, 5.74) is 1.03. The maximum atomic E-state index is 14.1. The molecule has 144 valence electrons. The summed E-state index contributed by atoms with van der Waals surface area (Å²) in [4.78, 5) is 20.8. The van der Waals surface area contributed by atoms with E-state index >= 15 is 0 Å². The lowest BCUT2D eigenvalue weighted by Gasteiger charge is -2.24. The van der Waals surface area contributed by atoms with Gasteiger partial charge in [-0.25, -0.2) is 8.78 Å². The summed E-state index contributed by atoms with van der Waals surface area (Å²) in [7, 11) is 0. The number of hydrogen-bond acceptors (Lipinski definition) is 5. The molecule has 1 aromatic carbocycles. The highest BCUT2D eigenvalue weighted by molar-refractivity contribution is 7.12. The molecule has 0 saturated heterocycles. The molecule has 5 nitrogen and oxygen atoms in total. The first-order valence-electron chi connectivity index (χ1n) is 8.63. The summed E-state index contributed by atoms with van der Waals surface area (Å²) in [5.74, 6) is -1.64. The smallest absolute Gasteiger partial charge is 0.289 e. The van der Waals surface area contributed by atoms with Crippen LogP contribution >= 0.6 is 11.3 Å². The number of benzene rings is 1. The van der Waals surface area contributed by atoms with Crippen molar-refractivity contribution in [3.05, 3.63) is 81.9 Å². The molecule has 1 aliphatic heterocycles. The average molecular weight is 402 g/mol. The van der Waals surface area contributed by atoms with E-state index in [9.17, 15) is 13.6 Å². The Balaban J connectivity index is 1.51. The van der Waals surface area contributed by atoms with Gasteiger partial charge in [0.1, 0.15) is 17.3 Å². The zero-order valence-corrected chi connectivity index (χ0v) is 15.5. The lowest BCUT2D eigenvalue weighted by atomic mass is 10.1. The van der Waals surface area contributed by atoms with Crippen molar-refractivity contribution in [2.45, 2.75) is 19.1 Å². The Kier molecular flexibility index (Phi) is 5.21. The van der Waals surface area contributed by atoms with Gasteiger partial charge in [-0.1, -0.05) is 17.3 Å². The predicted molar refractivity (Wildman–Crippen MR) is 100 cm³/mol. The number of nitrogens with zero attached hydrogens (tertiary/aromatic N) is 2. The van der Waals surface area contributed by atoms with Crippen LogP contribution in [-0.4, -0.2) is 29.2 Å². The molecule has 0 saturated carbocycles. The molecule has 28 heavy (non-hydrogen) atoms. The first-order chi connectivity index (χ1) is 13.6. The first kappa shape index (κ1) is 18.4. The highest BCUT2D eigenvalue weighted by Gasteiger charge is 2.29. The first-order valence-corrected chi connectivity index (χ1v) is 9.51. The Hall–Kier alpha value is -3.00. The van der Waals surface area contributed by atoms with Crippen molar-refractivity contribution in [2.75, 3.05) is 6.54 Å². The van der Waals surface area contributed by atoms with E-state index < -0.39 is 17.5 Å². The third-order valence-electron chi connectivity index (χ3n) is 4.36. The van der Waals surface area contributed by atoms with E-state index in [1.54, 1.807) is 23.5 Å². The lowest BCUT2D eigenvalue weighted by Crippen LogP contribution is -2.37. The minimum atomic E-state index is -0.708. The van der Waals surface area contributed by atoms with E-state index in [-0.39, 0.29) is 30.5 Å². The fourth-order valence-corrected chi connectivity index (χ4v) is 3.71. The molecule has 0 radical (unpaired) electrons. The van der Waals surface area contributed by atoms with Gasteiger partial charge in [-0.3, -0.25) is 4.79 Å². The molecule has 0 aliphatic carbocycles. The minimum Gasteiger partial charge on any atom is -0.459 e. The maximum Gasteiger partial charge on any atom is 0.289 e. The van der Waals surface area contributed by atoms with Crippen LogP contribution in [0.15, 0.2) is 63.7 Å². The molecule has 0 spiro atoms. The number of halogens is 2. The van der Waals surface area contributed by atoms with Gasteiger partial charge in [-0.15, -0.1) is 11.3 Å². The Morgan fingerprint density at radius 2 is 2.14 bits per heavy atom. The molecule has 1 atom stereocenters. The average Bonchev–Trinajstić information content (AvgIpc) is 3.44. The van der Waals surface area contributed by atoms with Crippen LogP contribution in [0.3, 0.4) is 0 Å². The van der Waals surface area contributed by atoms with Gasteiger partial charge < -0.3 is 14.2 Å². The molecule has 0 bridgehead atoms. The van der Waals surface area contributed by atoms with E-state index in [1.807, 2.05) is 17.5 Å². The third-order valence-corrected chi connectivity index (χ3v) is 5.28. The molecule has 4 rings (SSSR count). The number of hydrogen-bond donors (Lipinski definition) is 0. The van der Waals surface area contributed by atoms with E-state index in [1.165, 1.54) is 17.2 Å². The zero-order chi connectivity index (χ0) is 19.5. The van der Waals surface area contributed by atoms with Crippen molar-refractivity contribution in [3.8, 4) is 0 Å². The molecular weight excluding hydrogens is 386 g/mol. The number of carbonyl (C=O) groups excluding carboxylic acids is 1. The van der Waals surface area contributed by atoms with Crippen molar-refractivity contribution < 1.29 is 22.8 Å². The van der Waals surface area contributed by atoms with Gasteiger partial charge in [0, 0.05) is 24.6 Å². The standard InChI is InChI=1S/C20H16F2N2O3S/c21-14-6-5-13(16(22)9-14)11-24(20(25)18-3-1-7-26-18)12-15-10-17(23-27-15)19-4-2-8-28-19/h1-9,15H,10-12H2. The van der Waals surface area contributed by atoms with E-state index in [0.717, 1.165) is 22.7 Å². The van der Waals surface area contributed by atoms with Crippen molar-refractivity contribution in [2.24, 2.45) is 5.16 Å². The number of furan rings is 1. The van der Waals surface area contributed by atoms with Gasteiger partial charge in [0.25, 0.3) is 5.91 Å².